The van der Waals surface area contributed by atoms with Crippen LogP contribution < -0.4 is 11.1 Å². The van der Waals surface area contributed by atoms with Crippen LogP contribution in [0.4, 0.5) is 11.4 Å². The van der Waals surface area contributed by atoms with E-state index in [9.17, 15) is 4.79 Å². The number of nitrogen functional groups attached to an aromatic ring is 1. The first-order valence-electron chi connectivity index (χ1n) is 6.38. The third-order valence-corrected chi connectivity index (χ3v) is 2.47. The van der Waals surface area contributed by atoms with Crippen LogP contribution in [0.3, 0.4) is 0 Å². The lowest BCUT2D eigenvalue weighted by Crippen LogP contribution is -2.12. The highest BCUT2D eigenvalue weighted by Gasteiger charge is 2.10. The minimum atomic E-state index is -0.354. The molecule has 19 heavy (non-hydrogen) atoms. The number of anilines is 2. The molecule has 0 spiro atoms. The van der Waals surface area contributed by atoms with E-state index in [0.717, 1.165) is 18.7 Å². The van der Waals surface area contributed by atoms with Gasteiger partial charge in [0.05, 0.1) is 23.0 Å². The maximum absolute atomic E-state index is 11.7. The van der Waals surface area contributed by atoms with Crippen molar-refractivity contribution in [1.82, 2.24) is 0 Å². The first kappa shape index (κ1) is 15.3. The van der Waals surface area contributed by atoms with Crippen molar-refractivity contribution in [2.45, 2.75) is 26.4 Å². The number of rotatable bonds is 7. The molecule has 0 radical (unpaired) electrons. The number of hydrogen-bond acceptors (Lipinski definition) is 5. The molecule has 0 aliphatic heterocycles. The van der Waals surface area contributed by atoms with Crippen LogP contribution >= 0.6 is 0 Å². The molecule has 3 N–H and O–H groups in total. The molecule has 0 saturated carbocycles. The summed E-state index contributed by atoms with van der Waals surface area (Å²) in [5.74, 6) is -0.354. The number of esters is 1. The fraction of sp³-hybridized carbons (Fsp3) is 0.500. The quantitative estimate of drug-likeness (QED) is 0.450. The van der Waals surface area contributed by atoms with Crippen LogP contribution in [0.5, 0.6) is 0 Å². The zero-order valence-electron chi connectivity index (χ0n) is 11.7. The van der Waals surface area contributed by atoms with Crippen molar-refractivity contribution in [3.8, 4) is 0 Å². The lowest BCUT2D eigenvalue weighted by molar-refractivity contribution is 0.0378. The van der Waals surface area contributed by atoms with Crippen molar-refractivity contribution in [2.24, 2.45) is 0 Å². The summed E-state index contributed by atoms with van der Waals surface area (Å²) < 4.78 is 10.1. The van der Waals surface area contributed by atoms with Crippen molar-refractivity contribution in [2.75, 3.05) is 31.3 Å². The highest BCUT2D eigenvalue weighted by molar-refractivity contribution is 5.92. The molecule has 1 aromatic rings. The van der Waals surface area contributed by atoms with E-state index in [-0.39, 0.29) is 12.1 Å². The van der Waals surface area contributed by atoms with Gasteiger partial charge in [0.25, 0.3) is 0 Å². The first-order valence-corrected chi connectivity index (χ1v) is 6.38. The Morgan fingerprint density at radius 3 is 2.74 bits per heavy atom. The number of nitrogens with two attached hydrogens (primary N) is 1. The van der Waals surface area contributed by atoms with Gasteiger partial charge < -0.3 is 20.5 Å². The lowest BCUT2D eigenvalue weighted by Gasteiger charge is -2.12. The van der Waals surface area contributed by atoms with E-state index in [0.29, 0.717) is 17.9 Å². The monoisotopic (exact) mass is 266 g/mol. The maximum Gasteiger partial charge on any atom is 0.338 e. The largest absolute Gasteiger partial charge is 0.459 e. The number of benzene rings is 1. The van der Waals surface area contributed by atoms with Crippen molar-refractivity contribution in [1.29, 1.82) is 0 Å². The summed E-state index contributed by atoms with van der Waals surface area (Å²) >= 11 is 0. The number of carbonyl (C=O) groups excluding carboxylic acids is 1. The number of carbonyl (C=O) groups is 1. The van der Waals surface area contributed by atoms with Crippen LogP contribution in [0.15, 0.2) is 18.2 Å². The predicted molar refractivity (Wildman–Crippen MR) is 76.4 cm³/mol. The van der Waals surface area contributed by atoms with Crippen molar-refractivity contribution < 1.29 is 14.3 Å². The van der Waals surface area contributed by atoms with Gasteiger partial charge in [0.15, 0.2) is 0 Å². The van der Waals surface area contributed by atoms with E-state index in [2.05, 4.69) is 5.32 Å². The summed E-state index contributed by atoms with van der Waals surface area (Å²) in [7, 11) is 1.67. The van der Waals surface area contributed by atoms with E-state index in [4.69, 9.17) is 15.2 Å². The van der Waals surface area contributed by atoms with E-state index >= 15 is 0 Å². The Labute approximate surface area is 114 Å². The molecule has 5 nitrogen and oxygen atoms in total. The van der Waals surface area contributed by atoms with Crippen molar-refractivity contribution >= 4 is 17.3 Å². The Kier molecular flexibility index (Phi) is 6.15. The number of methoxy groups -OCH3 is 1. The van der Waals surface area contributed by atoms with E-state index in [1.165, 1.54) is 0 Å². The van der Waals surface area contributed by atoms with Crippen LogP contribution in [0.2, 0.25) is 0 Å². The van der Waals surface area contributed by atoms with Gasteiger partial charge in [0, 0.05) is 20.3 Å². The molecular formula is C14H22N2O3. The van der Waals surface area contributed by atoms with Crippen LogP contribution in [0, 0.1) is 0 Å². The molecule has 0 aromatic heterocycles. The molecule has 0 bridgehead atoms. The minimum Gasteiger partial charge on any atom is -0.459 e. The number of hydrogen-bond donors (Lipinski definition) is 2. The van der Waals surface area contributed by atoms with E-state index in [1.54, 1.807) is 25.3 Å². The first-order chi connectivity index (χ1) is 9.04. The summed E-state index contributed by atoms with van der Waals surface area (Å²) in [6.07, 6.45) is 0.758. The Balaban J connectivity index is 2.61. The van der Waals surface area contributed by atoms with Gasteiger partial charge in [-0.25, -0.2) is 4.79 Å². The van der Waals surface area contributed by atoms with E-state index < -0.39 is 0 Å². The molecule has 0 heterocycles. The second-order valence-electron chi connectivity index (χ2n) is 4.53. The average Bonchev–Trinajstić information content (AvgIpc) is 2.35. The number of nitrogens with one attached hydrogen (secondary N) is 1. The molecule has 5 heteroatoms. The minimum absolute atomic E-state index is 0.138. The smallest absolute Gasteiger partial charge is 0.338 e. The van der Waals surface area contributed by atoms with Gasteiger partial charge in [-0.15, -0.1) is 0 Å². The molecular weight excluding hydrogens is 244 g/mol. The zero-order valence-corrected chi connectivity index (χ0v) is 11.7. The highest BCUT2D eigenvalue weighted by Crippen LogP contribution is 2.20. The molecule has 0 saturated heterocycles. The topological polar surface area (TPSA) is 73.6 Å². The Morgan fingerprint density at radius 2 is 2.16 bits per heavy atom. The van der Waals surface area contributed by atoms with E-state index in [1.807, 2.05) is 13.8 Å². The van der Waals surface area contributed by atoms with Gasteiger partial charge in [-0.05, 0) is 38.5 Å². The standard InChI is InChI=1S/C14H22N2O3/c1-10(2)19-14(17)11-5-6-13(12(15)9-11)16-7-4-8-18-3/h5-6,9-10,16H,4,7-8,15H2,1-3H3. The van der Waals surface area contributed by atoms with Crippen molar-refractivity contribution in [3.05, 3.63) is 23.8 Å². The second-order valence-corrected chi connectivity index (χ2v) is 4.53. The van der Waals surface area contributed by atoms with Gasteiger partial charge >= 0.3 is 5.97 Å². The Hall–Kier alpha value is -1.75. The molecule has 106 valence electrons. The lowest BCUT2D eigenvalue weighted by atomic mass is 10.1. The van der Waals surface area contributed by atoms with Gasteiger partial charge in [-0.1, -0.05) is 0 Å². The fourth-order valence-electron chi connectivity index (χ4n) is 1.57. The molecule has 0 aliphatic rings. The summed E-state index contributed by atoms with van der Waals surface area (Å²) in [4.78, 5) is 11.7. The molecule has 0 fully saturated rings. The average molecular weight is 266 g/mol. The number of ether oxygens (including phenoxy) is 2. The summed E-state index contributed by atoms with van der Waals surface area (Å²) in [5, 5.41) is 3.20. The van der Waals surface area contributed by atoms with Crippen LogP contribution in [0.25, 0.3) is 0 Å². The fourth-order valence-corrected chi connectivity index (χ4v) is 1.57. The van der Waals surface area contributed by atoms with Crippen LogP contribution in [-0.2, 0) is 9.47 Å². The highest BCUT2D eigenvalue weighted by atomic mass is 16.5. The summed E-state index contributed by atoms with van der Waals surface area (Å²) in [6.45, 7) is 5.10. The maximum atomic E-state index is 11.7. The van der Waals surface area contributed by atoms with Gasteiger partial charge in [0.1, 0.15) is 0 Å². The summed E-state index contributed by atoms with van der Waals surface area (Å²) in [6, 6.07) is 5.13. The normalized spacial score (nSPS) is 10.5. The third-order valence-electron chi connectivity index (χ3n) is 2.47. The molecule has 0 unspecified atom stereocenters. The zero-order chi connectivity index (χ0) is 14.3. The molecule has 0 aliphatic carbocycles. The molecule has 0 amide bonds. The molecule has 1 aromatic carbocycles. The third kappa shape index (κ3) is 5.18. The molecule has 0 atom stereocenters. The van der Waals surface area contributed by atoms with Gasteiger partial charge in [-0.2, -0.15) is 0 Å². The van der Waals surface area contributed by atoms with Crippen LogP contribution in [-0.4, -0.2) is 32.3 Å². The van der Waals surface area contributed by atoms with Crippen molar-refractivity contribution in [3.63, 3.8) is 0 Å². The van der Waals surface area contributed by atoms with Crippen LogP contribution in [0.1, 0.15) is 30.6 Å². The SMILES string of the molecule is COCCCNc1ccc(C(=O)OC(C)C)cc1N. The van der Waals surface area contributed by atoms with Gasteiger partial charge in [0.2, 0.25) is 0 Å². The molecule has 1 rings (SSSR count). The second kappa shape index (κ2) is 7.63. The Morgan fingerprint density at radius 1 is 1.42 bits per heavy atom. The predicted octanol–water partition coefficient (Wildman–Crippen LogP) is 2.28. The summed E-state index contributed by atoms with van der Waals surface area (Å²) in [5.41, 5.74) is 7.72. The van der Waals surface area contributed by atoms with Gasteiger partial charge in [-0.3, -0.25) is 0 Å². The Bertz CT molecular complexity index is 419.